The van der Waals surface area contributed by atoms with E-state index in [1.165, 1.54) is 0 Å². The number of nitrogens with zero attached hydrogens (tertiary/aromatic N) is 2. The van der Waals surface area contributed by atoms with E-state index >= 15 is 0 Å². The molecule has 2 N–H and O–H groups in total. The molecule has 3 nitrogen and oxygen atoms in total. The number of halogens is 1. The first kappa shape index (κ1) is 12.5. The number of nitrogens with two attached hydrogens (primary N) is 1. The van der Waals surface area contributed by atoms with Crippen LogP contribution in [0.2, 0.25) is 0 Å². The second-order valence-corrected chi connectivity index (χ2v) is 5.63. The van der Waals surface area contributed by atoms with Gasteiger partial charge in [-0.15, -0.1) is 0 Å². The van der Waals surface area contributed by atoms with E-state index in [0.717, 1.165) is 20.1 Å². The second-order valence-electron chi connectivity index (χ2n) is 3.62. The lowest BCUT2D eigenvalue weighted by molar-refractivity contribution is 0.777. The van der Waals surface area contributed by atoms with Crippen molar-refractivity contribution in [2.75, 3.05) is 0 Å². The van der Waals surface area contributed by atoms with E-state index < -0.39 is 0 Å². The van der Waals surface area contributed by atoms with Crippen LogP contribution in [0.15, 0.2) is 51.1 Å². The van der Waals surface area contributed by atoms with Gasteiger partial charge in [0, 0.05) is 27.8 Å². The largest absolute Gasteiger partial charge is 0.323 e. The van der Waals surface area contributed by atoms with Crippen molar-refractivity contribution < 1.29 is 0 Å². The van der Waals surface area contributed by atoms with Gasteiger partial charge in [-0.2, -0.15) is 0 Å². The zero-order chi connectivity index (χ0) is 12.3. The Bertz CT molecular complexity index is 482. The molecule has 0 spiro atoms. The van der Waals surface area contributed by atoms with E-state index in [0.29, 0.717) is 0 Å². The summed E-state index contributed by atoms with van der Waals surface area (Å²) in [6.45, 7) is 1.92. The van der Waals surface area contributed by atoms with Crippen molar-refractivity contribution in [3.8, 4) is 0 Å². The Labute approximate surface area is 113 Å². The molecule has 2 aromatic heterocycles. The van der Waals surface area contributed by atoms with Gasteiger partial charge in [0.05, 0.1) is 5.69 Å². The molecule has 0 aromatic carbocycles. The SMILES string of the molecule is C[C@@H](N)c1ccc(Sc2ccc(Br)cn2)cn1. The Morgan fingerprint density at radius 3 is 2.53 bits per heavy atom. The minimum Gasteiger partial charge on any atom is -0.323 e. The highest BCUT2D eigenvalue weighted by molar-refractivity contribution is 9.10. The van der Waals surface area contributed by atoms with Crippen molar-refractivity contribution in [1.82, 2.24) is 9.97 Å². The maximum atomic E-state index is 5.75. The van der Waals surface area contributed by atoms with Crippen molar-refractivity contribution in [1.29, 1.82) is 0 Å². The maximum absolute atomic E-state index is 5.75. The zero-order valence-electron chi connectivity index (χ0n) is 9.30. The molecule has 0 unspecified atom stereocenters. The molecule has 88 valence electrons. The van der Waals surface area contributed by atoms with E-state index in [2.05, 4.69) is 25.9 Å². The van der Waals surface area contributed by atoms with Crippen molar-refractivity contribution in [2.45, 2.75) is 22.9 Å². The molecule has 2 aromatic rings. The highest BCUT2D eigenvalue weighted by atomic mass is 79.9. The van der Waals surface area contributed by atoms with Crippen LogP contribution in [0.1, 0.15) is 18.7 Å². The molecule has 0 aliphatic heterocycles. The first-order valence-corrected chi connectivity index (χ1v) is 6.77. The average Bonchev–Trinajstić information content (AvgIpc) is 2.33. The molecule has 17 heavy (non-hydrogen) atoms. The van der Waals surface area contributed by atoms with Crippen LogP contribution in [0.25, 0.3) is 0 Å². The van der Waals surface area contributed by atoms with Gasteiger partial charge in [-0.05, 0) is 47.1 Å². The van der Waals surface area contributed by atoms with Crippen molar-refractivity contribution in [2.24, 2.45) is 5.73 Å². The Balaban J connectivity index is 2.11. The molecule has 0 aliphatic rings. The fourth-order valence-electron chi connectivity index (χ4n) is 1.26. The molecular weight excluding hydrogens is 298 g/mol. The van der Waals surface area contributed by atoms with Gasteiger partial charge >= 0.3 is 0 Å². The third-order valence-electron chi connectivity index (χ3n) is 2.15. The smallest absolute Gasteiger partial charge is 0.101 e. The van der Waals surface area contributed by atoms with E-state index in [1.54, 1.807) is 18.0 Å². The van der Waals surface area contributed by atoms with Gasteiger partial charge in [0.15, 0.2) is 0 Å². The molecule has 0 bridgehead atoms. The Kier molecular flexibility index (Phi) is 4.15. The Morgan fingerprint density at radius 1 is 1.18 bits per heavy atom. The van der Waals surface area contributed by atoms with E-state index in [-0.39, 0.29) is 6.04 Å². The van der Waals surface area contributed by atoms with Crippen LogP contribution in [0, 0.1) is 0 Å². The van der Waals surface area contributed by atoms with Crippen LogP contribution in [-0.4, -0.2) is 9.97 Å². The molecule has 0 fully saturated rings. The lowest BCUT2D eigenvalue weighted by atomic mass is 10.2. The first-order valence-electron chi connectivity index (χ1n) is 5.16. The lowest BCUT2D eigenvalue weighted by Crippen LogP contribution is -2.06. The normalized spacial score (nSPS) is 12.4. The Hall–Kier alpha value is -0.910. The summed E-state index contributed by atoms with van der Waals surface area (Å²) < 4.78 is 0.979. The second kappa shape index (κ2) is 5.62. The Morgan fingerprint density at radius 2 is 2.00 bits per heavy atom. The monoisotopic (exact) mass is 309 g/mol. The van der Waals surface area contributed by atoms with Gasteiger partial charge in [-0.25, -0.2) is 4.98 Å². The van der Waals surface area contributed by atoms with Crippen LogP contribution in [0.5, 0.6) is 0 Å². The van der Waals surface area contributed by atoms with Gasteiger partial charge in [0.2, 0.25) is 0 Å². The molecule has 0 aliphatic carbocycles. The minimum absolute atomic E-state index is 0.0279. The molecule has 2 heterocycles. The summed E-state index contributed by atoms with van der Waals surface area (Å²) in [7, 11) is 0. The molecule has 2 rings (SSSR count). The topological polar surface area (TPSA) is 51.8 Å². The highest BCUT2D eigenvalue weighted by Gasteiger charge is 2.02. The maximum Gasteiger partial charge on any atom is 0.101 e. The molecule has 0 radical (unpaired) electrons. The quantitative estimate of drug-likeness (QED) is 0.944. The number of rotatable bonds is 3. The van der Waals surface area contributed by atoms with Crippen molar-refractivity contribution in [3.63, 3.8) is 0 Å². The summed E-state index contributed by atoms with van der Waals surface area (Å²) in [6.07, 6.45) is 3.61. The summed E-state index contributed by atoms with van der Waals surface area (Å²) in [5.74, 6) is 0. The summed E-state index contributed by atoms with van der Waals surface area (Å²) in [5, 5.41) is 0.948. The molecule has 5 heteroatoms. The summed E-state index contributed by atoms with van der Waals surface area (Å²) in [6, 6.07) is 7.87. The number of hydrogen-bond donors (Lipinski definition) is 1. The summed E-state index contributed by atoms with van der Waals surface area (Å²) in [5.41, 5.74) is 6.65. The predicted molar refractivity (Wildman–Crippen MR) is 72.9 cm³/mol. The minimum atomic E-state index is -0.0279. The van der Waals surface area contributed by atoms with E-state index in [1.807, 2.05) is 37.4 Å². The van der Waals surface area contributed by atoms with Gasteiger partial charge in [-0.1, -0.05) is 11.8 Å². The molecule has 0 amide bonds. The average molecular weight is 310 g/mol. The van der Waals surface area contributed by atoms with Gasteiger partial charge in [0.1, 0.15) is 5.03 Å². The third-order valence-corrected chi connectivity index (χ3v) is 3.55. The van der Waals surface area contributed by atoms with Crippen LogP contribution < -0.4 is 5.73 Å². The van der Waals surface area contributed by atoms with Crippen molar-refractivity contribution >= 4 is 27.7 Å². The van der Waals surface area contributed by atoms with Gasteiger partial charge in [0.25, 0.3) is 0 Å². The first-order chi connectivity index (χ1) is 8.15. The van der Waals surface area contributed by atoms with Gasteiger partial charge < -0.3 is 5.73 Å². The van der Waals surface area contributed by atoms with Crippen LogP contribution in [0.3, 0.4) is 0 Å². The van der Waals surface area contributed by atoms with Crippen LogP contribution in [-0.2, 0) is 0 Å². The standard InChI is InChI=1S/C12H12BrN3S/c1-8(14)11-4-3-10(7-15-11)17-12-5-2-9(13)6-16-12/h2-8H,14H2,1H3/t8-/m1/s1. The van der Waals surface area contributed by atoms with E-state index in [4.69, 9.17) is 5.73 Å². The van der Waals surface area contributed by atoms with Crippen LogP contribution >= 0.6 is 27.7 Å². The fraction of sp³-hybridized carbons (Fsp3) is 0.167. The molecular formula is C12H12BrN3S. The van der Waals surface area contributed by atoms with Crippen LogP contribution in [0.4, 0.5) is 0 Å². The number of hydrogen-bond acceptors (Lipinski definition) is 4. The van der Waals surface area contributed by atoms with E-state index in [9.17, 15) is 0 Å². The van der Waals surface area contributed by atoms with Gasteiger partial charge in [-0.3, -0.25) is 4.98 Å². The lowest BCUT2D eigenvalue weighted by Gasteiger charge is -2.05. The third kappa shape index (κ3) is 3.52. The zero-order valence-corrected chi connectivity index (χ0v) is 11.7. The fourth-order valence-corrected chi connectivity index (χ4v) is 2.22. The highest BCUT2D eigenvalue weighted by Crippen LogP contribution is 2.26. The van der Waals surface area contributed by atoms with Crippen molar-refractivity contribution in [3.05, 3.63) is 46.8 Å². The number of aromatic nitrogens is 2. The molecule has 0 saturated carbocycles. The molecule has 0 saturated heterocycles. The predicted octanol–water partition coefficient (Wildman–Crippen LogP) is 3.41. The molecule has 1 atom stereocenters. The number of pyridine rings is 2. The summed E-state index contributed by atoms with van der Waals surface area (Å²) >= 11 is 4.94. The summed E-state index contributed by atoms with van der Waals surface area (Å²) in [4.78, 5) is 9.66.